The number of halogens is 2. The molecule has 6 nitrogen and oxygen atoms in total. The van der Waals surface area contributed by atoms with Crippen LogP contribution in [0.3, 0.4) is 0 Å². The minimum Gasteiger partial charge on any atom is -0.480 e. The molecule has 21 heavy (non-hydrogen) atoms. The average Bonchev–Trinajstić information content (AvgIpc) is 2.38. The van der Waals surface area contributed by atoms with Gasteiger partial charge >= 0.3 is 11.9 Å². The van der Waals surface area contributed by atoms with E-state index in [0.717, 1.165) is 6.08 Å². The van der Waals surface area contributed by atoms with Crippen LogP contribution < -0.4 is 0 Å². The molecule has 0 spiro atoms. The summed E-state index contributed by atoms with van der Waals surface area (Å²) in [5.74, 6) is -3.33. The first-order chi connectivity index (χ1) is 9.79. The first kappa shape index (κ1) is 17.0. The maximum absolute atomic E-state index is 11.8. The molecular formula is C13H11Cl2NO5. The fourth-order valence-electron chi connectivity index (χ4n) is 1.43. The Bertz CT molecular complexity index is 584. The summed E-state index contributed by atoms with van der Waals surface area (Å²) in [5, 5.41) is 18.0. The number of hydrogen-bond donors (Lipinski definition) is 2. The van der Waals surface area contributed by atoms with Gasteiger partial charge in [-0.3, -0.25) is 14.4 Å². The molecular weight excluding hydrogens is 321 g/mol. The first-order valence-corrected chi connectivity index (χ1v) is 6.41. The van der Waals surface area contributed by atoms with Crippen LogP contribution in [0.25, 0.3) is 6.08 Å². The summed E-state index contributed by atoms with van der Waals surface area (Å²) in [6, 6.07) is 4.67. The molecule has 1 aromatic carbocycles. The van der Waals surface area contributed by atoms with Gasteiger partial charge in [-0.05, 0) is 23.8 Å². The van der Waals surface area contributed by atoms with Crippen molar-refractivity contribution in [2.45, 2.75) is 0 Å². The van der Waals surface area contributed by atoms with Gasteiger partial charge in [0.2, 0.25) is 5.91 Å². The summed E-state index contributed by atoms with van der Waals surface area (Å²) in [7, 11) is 0. The van der Waals surface area contributed by atoms with Crippen molar-refractivity contribution < 1.29 is 24.6 Å². The third-order valence-corrected chi connectivity index (χ3v) is 3.06. The van der Waals surface area contributed by atoms with E-state index in [1.54, 1.807) is 12.1 Å². The van der Waals surface area contributed by atoms with Gasteiger partial charge in [-0.1, -0.05) is 29.3 Å². The summed E-state index contributed by atoms with van der Waals surface area (Å²) in [4.78, 5) is 33.7. The quantitative estimate of drug-likeness (QED) is 0.777. The van der Waals surface area contributed by atoms with E-state index < -0.39 is 30.9 Å². The molecule has 0 atom stereocenters. The lowest BCUT2D eigenvalue weighted by Gasteiger charge is -2.16. The van der Waals surface area contributed by atoms with E-state index in [-0.39, 0.29) is 0 Å². The maximum atomic E-state index is 11.8. The number of nitrogens with zero attached hydrogens (tertiary/aromatic N) is 1. The Kier molecular flexibility index (Phi) is 6.20. The van der Waals surface area contributed by atoms with Gasteiger partial charge in [0.25, 0.3) is 0 Å². The molecule has 0 aromatic heterocycles. The van der Waals surface area contributed by atoms with Crippen LogP contribution in [-0.4, -0.2) is 46.0 Å². The fraction of sp³-hybridized carbons (Fsp3) is 0.154. The average molecular weight is 332 g/mol. The van der Waals surface area contributed by atoms with Gasteiger partial charge in [0.1, 0.15) is 13.1 Å². The van der Waals surface area contributed by atoms with Gasteiger partial charge in [0, 0.05) is 6.08 Å². The standard InChI is InChI=1S/C13H11Cl2NO5/c14-9-3-1-8(5-10(9)15)2-4-11(17)16(6-12(18)19)7-13(20)21/h1-5H,6-7H2,(H,18,19)(H,20,21). The van der Waals surface area contributed by atoms with Crippen LogP contribution in [-0.2, 0) is 14.4 Å². The number of carbonyl (C=O) groups excluding carboxylic acids is 1. The van der Waals surface area contributed by atoms with Crippen LogP contribution in [0, 0.1) is 0 Å². The lowest BCUT2D eigenvalue weighted by molar-refractivity contribution is -0.147. The van der Waals surface area contributed by atoms with Crippen molar-refractivity contribution in [1.82, 2.24) is 4.90 Å². The Morgan fingerprint density at radius 1 is 1.05 bits per heavy atom. The van der Waals surface area contributed by atoms with E-state index in [2.05, 4.69) is 0 Å². The number of carbonyl (C=O) groups is 3. The second kappa shape index (κ2) is 7.66. The van der Waals surface area contributed by atoms with Crippen LogP contribution >= 0.6 is 23.2 Å². The van der Waals surface area contributed by atoms with E-state index in [4.69, 9.17) is 33.4 Å². The predicted octanol–water partition coefficient (Wildman–Crippen LogP) is 2.00. The Hall–Kier alpha value is -2.05. The minimum absolute atomic E-state index is 0.305. The highest BCUT2D eigenvalue weighted by Gasteiger charge is 2.17. The summed E-state index contributed by atoms with van der Waals surface area (Å²) in [6.07, 6.45) is 2.46. The number of carboxylic acids is 2. The second-order valence-corrected chi connectivity index (χ2v) is 4.80. The molecule has 0 radical (unpaired) electrons. The molecule has 112 valence electrons. The molecule has 0 saturated heterocycles. The van der Waals surface area contributed by atoms with Crippen LogP contribution in [0.1, 0.15) is 5.56 Å². The fourth-order valence-corrected chi connectivity index (χ4v) is 1.73. The van der Waals surface area contributed by atoms with Crippen molar-refractivity contribution in [1.29, 1.82) is 0 Å². The molecule has 0 fully saturated rings. The van der Waals surface area contributed by atoms with E-state index in [9.17, 15) is 14.4 Å². The smallest absolute Gasteiger partial charge is 0.323 e. The highest BCUT2D eigenvalue weighted by Crippen LogP contribution is 2.23. The lowest BCUT2D eigenvalue weighted by Crippen LogP contribution is -2.38. The van der Waals surface area contributed by atoms with E-state index in [0.29, 0.717) is 20.5 Å². The van der Waals surface area contributed by atoms with Crippen molar-refractivity contribution in [3.63, 3.8) is 0 Å². The second-order valence-electron chi connectivity index (χ2n) is 3.99. The molecule has 8 heteroatoms. The van der Waals surface area contributed by atoms with Gasteiger partial charge < -0.3 is 15.1 Å². The topological polar surface area (TPSA) is 94.9 Å². The van der Waals surface area contributed by atoms with Gasteiger partial charge in [-0.2, -0.15) is 0 Å². The van der Waals surface area contributed by atoms with Gasteiger partial charge in [0.15, 0.2) is 0 Å². The third kappa shape index (κ3) is 5.85. The van der Waals surface area contributed by atoms with Crippen molar-refractivity contribution in [2.75, 3.05) is 13.1 Å². The molecule has 0 unspecified atom stereocenters. The number of amides is 1. The van der Waals surface area contributed by atoms with Crippen LogP contribution in [0.5, 0.6) is 0 Å². The number of carboxylic acid groups (broad SMARTS) is 2. The molecule has 0 aliphatic carbocycles. The first-order valence-electron chi connectivity index (χ1n) is 5.65. The third-order valence-electron chi connectivity index (χ3n) is 2.33. The van der Waals surface area contributed by atoms with Crippen molar-refractivity contribution >= 4 is 47.1 Å². The molecule has 1 aromatic rings. The van der Waals surface area contributed by atoms with Crippen LogP contribution in [0.4, 0.5) is 0 Å². The summed E-state index contributed by atoms with van der Waals surface area (Å²) in [6.45, 7) is -1.40. The molecule has 0 saturated carbocycles. The zero-order valence-electron chi connectivity index (χ0n) is 10.6. The lowest BCUT2D eigenvalue weighted by atomic mass is 10.2. The Morgan fingerprint density at radius 3 is 2.10 bits per heavy atom. The maximum Gasteiger partial charge on any atom is 0.323 e. The minimum atomic E-state index is -1.30. The molecule has 0 heterocycles. The highest BCUT2D eigenvalue weighted by atomic mass is 35.5. The predicted molar refractivity (Wildman–Crippen MR) is 77.3 cm³/mol. The normalized spacial score (nSPS) is 10.6. The molecule has 1 amide bonds. The van der Waals surface area contributed by atoms with Gasteiger partial charge in [-0.15, -0.1) is 0 Å². The largest absolute Gasteiger partial charge is 0.480 e. The van der Waals surface area contributed by atoms with E-state index in [1.165, 1.54) is 12.1 Å². The van der Waals surface area contributed by atoms with Gasteiger partial charge in [0.05, 0.1) is 10.0 Å². The monoisotopic (exact) mass is 331 g/mol. The number of aliphatic carboxylic acids is 2. The zero-order chi connectivity index (χ0) is 16.0. The summed E-state index contributed by atoms with van der Waals surface area (Å²) >= 11 is 11.6. The van der Waals surface area contributed by atoms with Crippen molar-refractivity contribution in [2.24, 2.45) is 0 Å². The summed E-state index contributed by atoms with van der Waals surface area (Å²) in [5.41, 5.74) is 0.573. The SMILES string of the molecule is O=C(O)CN(CC(=O)O)C(=O)C=Cc1ccc(Cl)c(Cl)c1. The van der Waals surface area contributed by atoms with Crippen molar-refractivity contribution in [3.8, 4) is 0 Å². The van der Waals surface area contributed by atoms with Crippen molar-refractivity contribution in [3.05, 3.63) is 39.9 Å². The number of hydrogen-bond acceptors (Lipinski definition) is 3. The van der Waals surface area contributed by atoms with E-state index >= 15 is 0 Å². The number of benzene rings is 1. The molecule has 1 rings (SSSR count). The van der Waals surface area contributed by atoms with Crippen LogP contribution in [0.15, 0.2) is 24.3 Å². The zero-order valence-corrected chi connectivity index (χ0v) is 12.1. The Labute approximate surface area is 130 Å². The van der Waals surface area contributed by atoms with Gasteiger partial charge in [-0.25, -0.2) is 0 Å². The Balaban J connectivity index is 2.83. The van der Waals surface area contributed by atoms with Crippen LogP contribution in [0.2, 0.25) is 10.0 Å². The molecule has 0 aliphatic heterocycles. The Morgan fingerprint density at radius 2 is 1.62 bits per heavy atom. The summed E-state index contributed by atoms with van der Waals surface area (Å²) < 4.78 is 0. The van der Waals surface area contributed by atoms with E-state index in [1.807, 2.05) is 0 Å². The highest BCUT2D eigenvalue weighted by molar-refractivity contribution is 6.42. The molecule has 0 aliphatic rings. The number of rotatable bonds is 6. The molecule has 2 N–H and O–H groups in total. The molecule has 0 bridgehead atoms.